The lowest BCUT2D eigenvalue weighted by Crippen LogP contribution is -2.09. The summed E-state index contributed by atoms with van der Waals surface area (Å²) in [6.07, 6.45) is 2.00. The molecule has 0 saturated heterocycles. The lowest BCUT2D eigenvalue weighted by atomic mass is 10.2. The van der Waals surface area contributed by atoms with Gasteiger partial charge in [-0.1, -0.05) is 23.4 Å². The Labute approximate surface area is 116 Å². The summed E-state index contributed by atoms with van der Waals surface area (Å²) in [7, 11) is 1.62. The Hall–Kier alpha value is -2.37. The molecule has 0 spiro atoms. The van der Waals surface area contributed by atoms with Gasteiger partial charge in [0.1, 0.15) is 5.75 Å². The number of carboxylic acid groups (broad SMARTS) is 1. The van der Waals surface area contributed by atoms with Crippen LogP contribution in [0.15, 0.2) is 24.3 Å². The minimum Gasteiger partial charge on any atom is -0.496 e. The highest BCUT2D eigenvalue weighted by Gasteiger charge is 2.33. The number of benzene rings is 1. The third kappa shape index (κ3) is 2.24. The first kappa shape index (κ1) is 12.7. The topological polar surface area (TPSA) is 77.2 Å². The molecule has 20 heavy (non-hydrogen) atoms. The van der Waals surface area contributed by atoms with Crippen LogP contribution in [0.5, 0.6) is 5.75 Å². The van der Waals surface area contributed by atoms with E-state index in [1.165, 1.54) is 0 Å². The molecule has 1 aromatic heterocycles. The first-order valence-corrected chi connectivity index (χ1v) is 6.49. The van der Waals surface area contributed by atoms with Gasteiger partial charge in [-0.25, -0.2) is 9.48 Å². The molecule has 0 amide bonds. The zero-order valence-electron chi connectivity index (χ0n) is 11.1. The van der Waals surface area contributed by atoms with Crippen LogP contribution in [0.2, 0.25) is 0 Å². The number of rotatable bonds is 5. The Kier molecular flexibility index (Phi) is 3.14. The van der Waals surface area contributed by atoms with Gasteiger partial charge in [0, 0.05) is 11.5 Å². The van der Waals surface area contributed by atoms with E-state index in [2.05, 4.69) is 10.3 Å². The van der Waals surface area contributed by atoms with Gasteiger partial charge in [-0.2, -0.15) is 0 Å². The molecular formula is C14H15N3O3. The van der Waals surface area contributed by atoms with E-state index >= 15 is 0 Å². The second-order valence-electron chi connectivity index (χ2n) is 4.87. The third-order valence-corrected chi connectivity index (χ3v) is 3.45. The first-order valence-electron chi connectivity index (χ1n) is 6.49. The van der Waals surface area contributed by atoms with Crippen molar-refractivity contribution < 1.29 is 14.6 Å². The van der Waals surface area contributed by atoms with Crippen molar-refractivity contribution in [2.24, 2.45) is 0 Å². The number of aromatic nitrogens is 3. The van der Waals surface area contributed by atoms with Crippen LogP contribution in [0.1, 0.15) is 40.5 Å². The molecule has 6 nitrogen and oxygen atoms in total. The molecule has 104 valence electrons. The summed E-state index contributed by atoms with van der Waals surface area (Å²) in [5.41, 5.74) is 1.75. The molecule has 3 rings (SSSR count). The number of para-hydroxylation sites is 1. The number of carboxylic acids is 1. The van der Waals surface area contributed by atoms with Crippen LogP contribution in [-0.2, 0) is 6.54 Å². The zero-order valence-corrected chi connectivity index (χ0v) is 11.1. The quantitative estimate of drug-likeness (QED) is 0.900. The number of hydrogen-bond acceptors (Lipinski definition) is 4. The molecule has 1 saturated carbocycles. The molecule has 0 bridgehead atoms. The molecule has 1 fully saturated rings. The third-order valence-electron chi connectivity index (χ3n) is 3.45. The maximum atomic E-state index is 11.2. The fourth-order valence-corrected chi connectivity index (χ4v) is 2.35. The van der Waals surface area contributed by atoms with Gasteiger partial charge >= 0.3 is 5.97 Å². The van der Waals surface area contributed by atoms with E-state index in [4.69, 9.17) is 4.74 Å². The van der Waals surface area contributed by atoms with Gasteiger partial charge in [-0.15, -0.1) is 5.10 Å². The highest BCUT2D eigenvalue weighted by Crippen LogP contribution is 2.41. The van der Waals surface area contributed by atoms with Crippen molar-refractivity contribution in [2.45, 2.75) is 25.3 Å². The van der Waals surface area contributed by atoms with Crippen molar-refractivity contribution >= 4 is 5.97 Å². The maximum absolute atomic E-state index is 11.2. The predicted octanol–water partition coefficient (Wildman–Crippen LogP) is 1.91. The van der Waals surface area contributed by atoms with Gasteiger partial charge in [0.15, 0.2) is 5.69 Å². The summed E-state index contributed by atoms with van der Waals surface area (Å²) >= 11 is 0. The van der Waals surface area contributed by atoms with Crippen molar-refractivity contribution in [1.82, 2.24) is 15.0 Å². The standard InChI is InChI=1S/C14H15N3O3/c1-20-11-5-3-2-4-10(11)8-17-13(9-6-7-9)12(14(18)19)15-16-17/h2-5,9H,6-8H2,1H3,(H,18,19). The van der Waals surface area contributed by atoms with E-state index in [1.54, 1.807) is 11.8 Å². The van der Waals surface area contributed by atoms with E-state index in [0.29, 0.717) is 6.54 Å². The van der Waals surface area contributed by atoms with Gasteiger partial charge in [-0.3, -0.25) is 0 Å². The number of carbonyl (C=O) groups is 1. The average molecular weight is 273 g/mol. The molecule has 0 aliphatic heterocycles. The Morgan fingerprint density at radius 2 is 2.20 bits per heavy atom. The summed E-state index contributed by atoms with van der Waals surface area (Å²) < 4.78 is 6.99. The van der Waals surface area contributed by atoms with Gasteiger partial charge in [0.05, 0.1) is 19.3 Å². The SMILES string of the molecule is COc1ccccc1Cn1nnc(C(=O)O)c1C1CC1. The molecule has 0 radical (unpaired) electrons. The second kappa shape index (κ2) is 4.96. The van der Waals surface area contributed by atoms with E-state index < -0.39 is 5.97 Å². The lowest BCUT2D eigenvalue weighted by molar-refractivity contribution is 0.0689. The molecule has 0 unspecified atom stereocenters. The Morgan fingerprint density at radius 1 is 1.45 bits per heavy atom. The molecule has 1 N–H and O–H groups in total. The van der Waals surface area contributed by atoms with Gasteiger partial charge in [-0.05, 0) is 18.9 Å². The smallest absolute Gasteiger partial charge is 0.358 e. The van der Waals surface area contributed by atoms with Crippen LogP contribution >= 0.6 is 0 Å². The van der Waals surface area contributed by atoms with Crippen molar-refractivity contribution in [2.75, 3.05) is 7.11 Å². The van der Waals surface area contributed by atoms with Gasteiger partial charge in [0.2, 0.25) is 0 Å². The van der Waals surface area contributed by atoms with E-state index in [0.717, 1.165) is 29.8 Å². The minimum atomic E-state index is -1.02. The number of ether oxygens (including phenoxy) is 1. The predicted molar refractivity (Wildman–Crippen MR) is 71.1 cm³/mol. The van der Waals surface area contributed by atoms with Crippen LogP contribution in [0, 0.1) is 0 Å². The average Bonchev–Trinajstić information content (AvgIpc) is 3.20. The van der Waals surface area contributed by atoms with Crippen LogP contribution in [0.25, 0.3) is 0 Å². The molecular weight excluding hydrogens is 258 g/mol. The van der Waals surface area contributed by atoms with Crippen molar-refractivity contribution in [1.29, 1.82) is 0 Å². The van der Waals surface area contributed by atoms with E-state index in [1.807, 2.05) is 24.3 Å². The first-order chi connectivity index (χ1) is 9.70. The Morgan fingerprint density at radius 3 is 2.85 bits per heavy atom. The number of nitrogens with zero attached hydrogens (tertiary/aromatic N) is 3. The van der Waals surface area contributed by atoms with Crippen LogP contribution in [0.3, 0.4) is 0 Å². The Bertz CT molecular complexity index is 647. The van der Waals surface area contributed by atoms with Crippen molar-refractivity contribution in [3.63, 3.8) is 0 Å². The van der Waals surface area contributed by atoms with Crippen molar-refractivity contribution in [3.05, 3.63) is 41.2 Å². The highest BCUT2D eigenvalue weighted by atomic mass is 16.5. The Balaban J connectivity index is 1.96. The van der Waals surface area contributed by atoms with Crippen LogP contribution < -0.4 is 4.74 Å². The minimum absolute atomic E-state index is 0.0717. The second-order valence-corrected chi connectivity index (χ2v) is 4.87. The summed E-state index contributed by atoms with van der Waals surface area (Å²) in [5, 5.41) is 17.0. The monoisotopic (exact) mass is 273 g/mol. The molecule has 1 heterocycles. The summed E-state index contributed by atoms with van der Waals surface area (Å²) in [5.74, 6) is 0.0191. The summed E-state index contributed by atoms with van der Waals surface area (Å²) in [6.45, 7) is 0.468. The molecule has 2 aromatic rings. The van der Waals surface area contributed by atoms with Gasteiger partial charge < -0.3 is 9.84 Å². The molecule has 1 aliphatic carbocycles. The molecule has 1 aliphatic rings. The number of hydrogen-bond donors (Lipinski definition) is 1. The van der Waals surface area contributed by atoms with Gasteiger partial charge in [0.25, 0.3) is 0 Å². The molecule has 1 aromatic carbocycles. The maximum Gasteiger partial charge on any atom is 0.358 e. The number of aromatic carboxylic acids is 1. The summed E-state index contributed by atoms with van der Waals surface area (Å²) in [6, 6.07) is 7.64. The highest BCUT2D eigenvalue weighted by molar-refractivity contribution is 5.86. The van der Waals surface area contributed by atoms with E-state index in [9.17, 15) is 9.90 Å². The normalized spacial score (nSPS) is 14.2. The van der Waals surface area contributed by atoms with Crippen LogP contribution in [0.4, 0.5) is 0 Å². The zero-order chi connectivity index (χ0) is 14.1. The molecule has 0 atom stereocenters. The lowest BCUT2D eigenvalue weighted by Gasteiger charge is -2.10. The van der Waals surface area contributed by atoms with Crippen LogP contribution in [-0.4, -0.2) is 33.2 Å². The number of methoxy groups -OCH3 is 1. The largest absolute Gasteiger partial charge is 0.496 e. The fraction of sp³-hybridized carbons (Fsp3) is 0.357. The van der Waals surface area contributed by atoms with E-state index in [-0.39, 0.29) is 11.6 Å². The summed E-state index contributed by atoms with van der Waals surface area (Å²) in [4.78, 5) is 11.2. The van der Waals surface area contributed by atoms with Crippen molar-refractivity contribution in [3.8, 4) is 5.75 Å². The molecule has 6 heteroatoms. The fourth-order valence-electron chi connectivity index (χ4n) is 2.35.